The quantitative estimate of drug-likeness (QED) is 0.486. The number of ketones is 1. The van der Waals surface area contributed by atoms with Crippen molar-refractivity contribution in [2.45, 2.75) is 26.6 Å². The fourth-order valence-electron chi connectivity index (χ4n) is 4.42. The van der Waals surface area contributed by atoms with Crippen LogP contribution in [0.15, 0.2) is 54.9 Å². The number of carbonyl (C=O) groups is 3. The summed E-state index contributed by atoms with van der Waals surface area (Å²) in [4.78, 5) is 54.9. The summed E-state index contributed by atoms with van der Waals surface area (Å²) >= 11 is 0. The predicted molar refractivity (Wildman–Crippen MR) is 120 cm³/mol. The summed E-state index contributed by atoms with van der Waals surface area (Å²) in [5.74, 6) is 0.0404. The van der Waals surface area contributed by atoms with E-state index in [-0.39, 0.29) is 30.1 Å². The molecule has 0 spiro atoms. The maximum absolute atomic E-state index is 13.2. The number of Topliss-reactive ketones (excluding diaryl/α,β-unsaturated/α-hetero) is 1. The lowest BCUT2D eigenvalue weighted by Gasteiger charge is -2.19. The van der Waals surface area contributed by atoms with E-state index in [1.165, 1.54) is 18.2 Å². The molecule has 2 aromatic carbocycles. The molecule has 2 amide bonds. The van der Waals surface area contributed by atoms with Gasteiger partial charge in [-0.25, -0.2) is 4.98 Å². The summed E-state index contributed by atoms with van der Waals surface area (Å²) in [5, 5.41) is 0. The topological polar surface area (TPSA) is 101 Å². The highest BCUT2D eigenvalue weighted by Crippen LogP contribution is 2.34. The van der Waals surface area contributed by atoms with Gasteiger partial charge in [0, 0.05) is 11.1 Å². The van der Waals surface area contributed by atoms with Crippen LogP contribution in [0.1, 0.15) is 38.8 Å². The van der Waals surface area contributed by atoms with E-state index >= 15 is 0 Å². The number of amides is 2. The van der Waals surface area contributed by atoms with Crippen molar-refractivity contribution in [1.82, 2.24) is 19.5 Å². The fraction of sp³-hybridized carbons (Fsp3) is 0.167. The Morgan fingerprint density at radius 2 is 1.48 bits per heavy atom. The molecule has 0 aliphatic carbocycles. The zero-order chi connectivity index (χ0) is 22.7. The van der Waals surface area contributed by atoms with Crippen LogP contribution >= 0.6 is 0 Å². The SMILES string of the molecule is CC(=O)Cn1cnc2c(N3Cc4ccccc4C3=O)nc(N3Cc4ccccc4C3=O)nc21. The van der Waals surface area contributed by atoms with Crippen molar-refractivity contribution in [1.29, 1.82) is 0 Å². The van der Waals surface area contributed by atoms with Crippen molar-refractivity contribution in [3.63, 3.8) is 0 Å². The number of fused-ring (bicyclic) bond motifs is 3. The molecule has 4 heterocycles. The van der Waals surface area contributed by atoms with E-state index in [9.17, 15) is 14.4 Å². The van der Waals surface area contributed by atoms with Gasteiger partial charge in [-0.3, -0.25) is 24.2 Å². The lowest BCUT2D eigenvalue weighted by atomic mass is 10.1. The van der Waals surface area contributed by atoms with Gasteiger partial charge >= 0.3 is 0 Å². The van der Waals surface area contributed by atoms with Crippen molar-refractivity contribution < 1.29 is 14.4 Å². The number of hydrogen-bond acceptors (Lipinski definition) is 6. The molecule has 0 radical (unpaired) electrons. The van der Waals surface area contributed by atoms with Gasteiger partial charge in [-0.2, -0.15) is 9.97 Å². The van der Waals surface area contributed by atoms with E-state index in [0.717, 1.165) is 11.1 Å². The molecular weight excluding hydrogens is 420 g/mol. The molecule has 0 bridgehead atoms. The molecule has 9 nitrogen and oxygen atoms in total. The monoisotopic (exact) mass is 438 g/mol. The average Bonchev–Trinajstić information content (AvgIpc) is 3.48. The highest BCUT2D eigenvalue weighted by molar-refractivity contribution is 6.13. The molecule has 0 unspecified atom stereocenters. The smallest absolute Gasteiger partial charge is 0.261 e. The summed E-state index contributed by atoms with van der Waals surface area (Å²) < 4.78 is 1.62. The maximum Gasteiger partial charge on any atom is 0.261 e. The first-order valence-electron chi connectivity index (χ1n) is 10.5. The second kappa shape index (κ2) is 7.06. The number of benzene rings is 2. The summed E-state index contributed by atoms with van der Waals surface area (Å²) in [7, 11) is 0. The molecule has 0 atom stereocenters. The van der Waals surface area contributed by atoms with E-state index in [1.54, 1.807) is 21.6 Å². The zero-order valence-electron chi connectivity index (χ0n) is 17.7. The van der Waals surface area contributed by atoms with Gasteiger partial charge in [0.2, 0.25) is 5.95 Å². The molecule has 9 heteroatoms. The number of rotatable bonds is 4. The van der Waals surface area contributed by atoms with Crippen LogP contribution in [0.4, 0.5) is 11.8 Å². The molecule has 162 valence electrons. The third-order valence-electron chi connectivity index (χ3n) is 5.97. The Morgan fingerprint density at radius 3 is 2.12 bits per heavy atom. The number of anilines is 2. The van der Waals surface area contributed by atoms with Crippen LogP contribution in [0.2, 0.25) is 0 Å². The van der Waals surface area contributed by atoms with Gasteiger partial charge in [0.15, 0.2) is 17.0 Å². The highest BCUT2D eigenvalue weighted by atomic mass is 16.2. The number of hydrogen-bond donors (Lipinski definition) is 0. The molecule has 0 N–H and O–H groups in total. The lowest BCUT2D eigenvalue weighted by Crippen LogP contribution is -2.29. The molecule has 2 aliphatic heterocycles. The van der Waals surface area contributed by atoms with E-state index in [4.69, 9.17) is 0 Å². The van der Waals surface area contributed by atoms with Gasteiger partial charge in [0.05, 0.1) is 26.0 Å². The first kappa shape index (κ1) is 19.3. The lowest BCUT2D eigenvalue weighted by molar-refractivity contribution is -0.117. The van der Waals surface area contributed by atoms with E-state index in [1.807, 2.05) is 36.4 Å². The Kier molecular flexibility index (Phi) is 4.13. The molecular formula is C24H18N6O3. The van der Waals surface area contributed by atoms with Crippen LogP contribution in [-0.4, -0.2) is 37.1 Å². The number of imidazole rings is 1. The summed E-state index contributed by atoms with van der Waals surface area (Å²) in [5.41, 5.74) is 3.80. The van der Waals surface area contributed by atoms with E-state index in [2.05, 4.69) is 15.0 Å². The third kappa shape index (κ3) is 2.93. The Morgan fingerprint density at radius 1 is 0.879 bits per heavy atom. The second-order valence-corrected chi connectivity index (χ2v) is 8.19. The second-order valence-electron chi connectivity index (χ2n) is 8.19. The van der Waals surface area contributed by atoms with Gasteiger partial charge in [0.1, 0.15) is 5.78 Å². The summed E-state index contributed by atoms with van der Waals surface area (Å²) in [6.07, 6.45) is 1.52. The minimum Gasteiger partial charge on any atom is -0.308 e. The van der Waals surface area contributed by atoms with Crippen LogP contribution in [0.25, 0.3) is 11.2 Å². The molecule has 6 rings (SSSR count). The molecule has 33 heavy (non-hydrogen) atoms. The van der Waals surface area contributed by atoms with Crippen LogP contribution in [0.5, 0.6) is 0 Å². The van der Waals surface area contributed by atoms with Crippen LogP contribution in [0, 0.1) is 0 Å². The summed E-state index contributed by atoms with van der Waals surface area (Å²) in [6.45, 7) is 2.23. The first-order chi connectivity index (χ1) is 16.0. The normalized spacial score (nSPS) is 14.8. The number of nitrogens with zero attached hydrogens (tertiary/aromatic N) is 6. The molecule has 2 aliphatic rings. The Labute approximate surface area is 188 Å². The Balaban J connectivity index is 1.51. The molecule has 0 saturated carbocycles. The van der Waals surface area contributed by atoms with Crippen LogP contribution < -0.4 is 9.80 Å². The first-order valence-corrected chi connectivity index (χ1v) is 10.5. The molecule has 2 aromatic heterocycles. The molecule has 4 aromatic rings. The molecule has 0 fully saturated rings. The third-order valence-corrected chi connectivity index (χ3v) is 5.97. The van der Waals surface area contributed by atoms with Crippen molar-refractivity contribution >= 4 is 40.5 Å². The largest absolute Gasteiger partial charge is 0.308 e. The number of aromatic nitrogens is 4. The van der Waals surface area contributed by atoms with E-state index < -0.39 is 0 Å². The van der Waals surface area contributed by atoms with Gasteiger partial charge in [0.25, 0.3) is 11.8 Å². The van der Waals surface area contributed by atoms with Crippen LogP contribution in [0.3, 0.4) is 0 Å². The standard InChI is InChI=1S/C24H18N6O3/c1-14(31)10-28-13-25-19-20(28)26-24(30-12-16-7-3-5-9-18(16)23(30)33)27-21(19)29-11-15-6-2-4-8-17(15)22(29)32/h2-9,13H,10-12H2,1H3. The Hall–Kier alpha value is -4.40. The number of carbonyl (C=O) groups excluding carboxylic acids is 3. The van der Waals surface area contributed by atoms with Crippen LogP contribution in [-0.2, 0) is 24.4 Å². The predicted octanol–water partition coefficient (Wildman–Crippen LogP) is 2.74. The average molecular weight is 438 g/mol. The summed E-state index contributed by atoms with van der Waals surface area (Å²) in [6, 6.07) is 14.8. The van der Waals surface area contributed by atoms with Gasteiger partial charge in [-0.15, -0.1) is 0 Å². The Bertz CT molecular complexity index is 1490. The van der Waals surface area contributed by atoms with Crippen molar-refractivity contribution in [2.75, 3.05) is 9.80 Å². The van der Waals surface area contributed by atoms with Crippen molar-refractivity contribution in [2.24, 2.45) is 0 Å². The minimum atomic E-state index is -0.204. The molecule has 0 saturated heterocycles. The highest BCUT2D eigenvalue weighted by Gasteiger charge is 2.35. The minimum absolute atomic E-state index is 0.0645. The maximum atomic E-state index is 13.2. The van der Waals surface area contributed by atoms with Gasteiger partial charge in [-0.1, -0.05) is 36.4 Å². The zero-order valence-corrected chi connectivity index (χ0v) is 17.7. The van der Waals surface area contributed by atoms with E-state index in [0.29, 0.717) is 41.2 Å². The van der Waals surface area contributed by atoms with Crippen molar-refractivity contribution in [3.8, 4) is 0 Å². The van der Waals surface area contributed by atoms with Crippen molar-refractivity contribution in [3.05, 3.63) is 77.1 Å². The van der Waals surface area contributed by atoms with Gasteiger partial charge in [-0.05, 0) is 30.2 Å². The van der Waals surface area contributed by atoms with Gasteiger partial charge < -0.3 is 4.57 Å². The fourth-order valence-corrected chi connectivity index (χ4v) is 4.42.